The Morgan fingerprint density at radius 1 is 0.641 bits per heavy atom. The third-order valence-corrected chi connectivity index (χ3v) is 9.18. The molecule has 3 nitrogen and oxygen atoms in total. The maximum atomic E-state index is 5.44. The lowest BCUT2D eigenvalue weighted by molar-refractivity contribution is 0.430. The number of benzene rings is 5. The molecule has 8 aromatic rings. The zero-order valence-electron chi connectivity index (χ0n) is 22.0. The van der Waals surface area contributed by atoms with E-state index in [9.17, 15) is 0 Å². The van der Waals surface area contributed by atoms with Crippen molar-refractivity contribution in [2.75, 3.05) is 0 Å². The summed E-state index contributed by atoms with van der Waals surface area (Å²) in [5, 5.41) is 7.95. The SMILES string of the molecule is CCC1c2ccccc2C(C)=NC1n1c2ccccc2c2c3c4ccccc4n4c5ccccc5c(cc21)c34. The van der Waals surface area contributed by atoms with Crippen LogP contribution in [0.25, 0.3) is 59.9 Å². The van der Waals surface area contributed by atoms with Crippen LogP contribution < -0.4 is 0 Å². The summed E-state index contributed by atoms with van der Waals surface area (Å²) in [6.45, 7) is 4.48. The maximum absolute atomic E-state index is 5.44. The highest BCUT2D eigenvalue weighted by Crippen LogP contribution is 2.49. The van der Waals surface area contributed by atoms with Gasteiger partial charge in [-0.1, -0.05) is 85.8 Å². The van der Waals surface area contributed by atoms with E-state index in [0.717, 1.165) is 12.1 Å². The lowest BCUT2D eigenvalue weighted by Gasteiger charge is -2.32. The van der Waals surface area contributed by atoms with Crippen LogP contribution in [0.4, 0.5) is 0 Å². The molecule has 0 spiro atoms. The second-order valence-corrected chi connectivity index (χ2v) is 11.0. The molecule has 5 aromatic carbocycles. The van der Waals surface area contributed by atoms with Gasteiger partial charge >= 0.3 is 0 Å². The molecule has 186 valence electrons. The highest BCUT2D eigenvalue weighted by molar-refractivity contribution is 6.35. The van der Waals surface area contributed by atoms with Crippen molar-refractivity contribution < 1.29 is 0 Å². The van der Waals surface area contributed by atoms with Gasteiger partial charge in [0, 0.05) is 43.9 Å². The highest BCUT2D eigenvalue weighted by Gasteiger charge is 2.33. The molecule has 0 amide bonds. The molecule has 39 heavy (non-hydrogen) atoms. The van der Waals surface area contributed by atoms with Gasteiger partial charge in [-0.25, -0.2) is 0 Å². The normalized spacial score (nSPS) is 17.7. The summed E-state index contributed by atoms with van der Waals surface area (Å²) in [4.78, 5) is 5.44. The molecule has 0 saturated carbocycles. The molecular weight excluding hydrogens is 474 g/mol. The van der Waals surface area contributed by atoms with E-state index in [4.69, 9.17) is 4.99 Å². The molecule has 0 bridgehead atoms. The summed E-state index contributed by atoms with van der Waals surface area (Å²) in [5.74, 6) is 0.307. The van der Waals surface area contributed by atoms with Crippen LogP contribution in [0.15, 0.2) is 108 Å². The second-order valence-electron chi connectivity index (χ2n) is 11.0. The van der Waals surface area contributed by atoms with Crippen molar-refractivity contribution in [2.45, 2.75) is 32.4 Å². The monoisotopic (exact) mass is 501 g/mol. The maximum Gasteiger partial charge on any atom is 0.132 e. The van der Waals surface area contributed by atoms with Crippen molar-refractivity contribution in [3.63, 3.8) is 0 Å². The van der Waals surface area contributed by atoms with Crippen molar-refractivity contribution in [3.8, 4) is 0 Å². The van der Waals surface area contributed by atoms with Gasteiger partial charge in [0.15, 0.2) is 0 Å². The van der Waals surface area contributed by atoms with E-state index in [-0.39, 0.29) is 6.17 Å². The summed E-state index contributed by atoms with van der Waals surface area (Å²) in [6.07, 6.45) is 1.03. The van der Waals surface area contributed by atoms with Crippen LogP contribution in [0.3, 0.4) is 0 Å². The fraction of sp³-hybridized carbons (Fsp3) is 0.139. The molecule has 2 atom stereocenters. The predicted molar refractivity (Wildman–Crippen MR) is 165 cm³/mol. The fourth-order valence-corrected chi connectivity index (χ4v) is 7.61. The number of para-hydroxylation sites is 3. The Morgan fingerprint density at radius 3 is 2.03 bits per heavy atom. The number of nitrogens with zero attached hydrogens (tertiary/aromatic N) is 3. The Hall–Kier alpha value is -4.63. The molecule has 3 aromatic heterocycles. The van der Waals surface area contributed by atoms with E-state index in [1.165, 1.54) is 71.0 Å². The molecule has 0 radical (unpaired) electrons. The number of rotatable bonds is 2. The standard InChI is InChI=1S/C36H27N3/c1-3-22-24-13-5-4-12-23(24)21(2)37-36(22)39-31-19-11-7-15-26(31)33-32(39)20-28-25-14-6-9-17-29(25)38-30-18-10-8-16-27(30)34(33)35(28)38/h4-20,22,36H,3H2,1-2H3. The van der Waals surface area contributed by atoms with Gasteiger partial charge in [-0.3, -0.25) is 4.99 Å². The van der Waals surface area contributed by atoms with E-state index in [2.05, 4.69) is 126 Å². The molecule has 0 N–H and O–H groups in total. The van der Waals surface area contributed by atoms with E-state index >= 15 is 0 Å². The number of aliphatic imine (C=N–C) groups is 1. The number of fused-ring (bicyclic) bond motifs is 11. The van der Waals surface area contributed by atoms with Crippen molar-refractivity contribution in [1.82, 2.24) is 8.97 Å². The molecule has 1 aliphatic heterocycles. The minimum atomic E-state index is 0.00180. The smallest absolute Gasteiger partial charge is 0.132 e. The van der Waals surface area contributed by atoms with Gasteiger partial charge in [0.05, 0.1) is 27.6 Å². The first kappa shape index (κ1) is 21.3. The van der Waals surface area contributed by atoms with Crippen LogP contribution in [0.1, 0.15) is 43.5 Å². The Labute approximate surface area is 225 Å². The molecule has 0 fully saturated rings. The third-order valence-electron chi connectivity index (χ3n) is 9.18. The van der Waals surface area contributed by atoms with E-state index in [1.54, 1.807) is 0 Å². The van der Waals surface area contributed by atoms with Crippen molar-refractivity contribution >= 4 is 65.6 Å². The van der Waals surface area contributed by atoms with Crippen LogP contribution in [0.2, 0.25) is 0 Å². The van der Waals surface area contributed by atoms with Gasteiger partial charge < -0.3 is 8.97 Å². The van der Waals surface area contributed by atoms with Gasteiger partial charge in [-0.05, 0) is 48.7 Å². The molecule has 4 heterocycles. The lowest BCUT2D eigenvalue weighted by atomic mass is 9.85. The largest absolute Gasteiger partial charge is 0.317 e. The number of hydrogen-bond donors (Lipinski definition) is 0. The molecule has 0 aliphatic carbocycles. The zero-order valence-corrected chi connectivity index (χ0v) is 22.0. The molecule has 3 heteroatoms. The van der Waals surface area contributed by atoms with E-state index < -0.39 is 0 Å². The second kappa shape index (κ2) is 7.48. The summed E-state index contributed by atoms with van der Waals surface area (Å²) in [5.41, 5.74) is 10.2. The topological polar surface area (TPSA) is 21.7 Å². The average Bonchev–Trinajstić information content (AvgIpc) is 3.61. The first-order valence-corrected chi connectivity index (χ1v) is 14.0. The van der Waals surface area contributed by atoms with Crippen molar-refractivity contribution in [3.05, 3.63) is 114 Å². The van der Waals surface area contributed by atoms with Crippen LogP contribution in [0, 0.1) is 0 Å². The minimum Gasteiger partial charge on any atom is -0.317 e. The van der Waals surface area contributed by atoms with Crippen molar-refractivity contribution in [2.24, 2.45) is 4.99 Å². The lowest BCUT2D eigenvalue weighted by Crippen LogP contribution is -2.23. The van der Waals surface area contributed by atoms with Crippen LogP contribution in [-0.4, -0.2) is 14.7 Å². The quantitative estimate of drug-likeness (QED) is 0.225. The Morgan fingerprint density at radius 2 is 1.26 bits per heavy atom. The van der Waals surface area contributed by atoms with Crippen LogP contribution >= 0.6 is 0 Å². The minimum absolute atomic E-state index is 0.00180. The predicted octanol–water partition coefficient (Wildman–Crippen LogP) is 9.46. The summed E-state index contributed by atoms with van der Waals surface area (Å²) in [6, 6.07) is 38.0. The first-order valence-electron chi connectivity index (χ1n) is 14.0. The third kappa shape index (κ3) is 2.55. The molecule has 9 rings (SSSR count). The fourth-order valence-electron chi connectivity index (χ4n) is 7.61. The first-order chi connectivity index (χ1) is 19.3. The Balaban J connectivity index is 1.52. The Bertz CT molecular complexity index is 2290. The summed E-state index contributed by atoms with van der Waals surface area (Å²) >= 11 is 0. The van der Waals surface area contributed by atoms with E-state index in [0.29, 0.717) is 5.92 Å². The zero-order chi connectivity index (χ0) is 25.8. The van der Waals surface area contributed by atoms with Crippen molar-refractivity contribution in [1.29, 1.82) is 0 Å². The van der Waals surface area contributed by atoms with Gasteiger partial charge in [0.25, 0.3) is 0 Å². The van der Waals surface area contributed by atoms with Crippen LogP contribution in [0.5, 0.6) is 0 Å². The van der Waals surface area contributed by atoms with Gasteiger partial charge in [0.2, 0.25) is 0 Å². The van der Waals surface area contributed by atoms with Gasteiger partial charge in [-0.2, -0.15) is 0 Å². The molecule has 1 aliphatic rings. The summed E-state index contributed by atoms with van der Waals surface area (Å²) < 4.78 is 5.04. The molecule has 0 saturated heterocycles. The number of aromatic nitrogens is 2. The van der Waals surface area contributed by atoms with Crippen LogP contribution in [-0.2, 0) is 0 Å². The molecular formula is C36H27N3. The Kier molecular flexibility index (Phi) is 4.09. The van der Waals surface area contributed by atoms with E-state index in [1.807, 2.05) is 0 Å². The molecule has 2 unspecified atom stereocenters. The highest BCUT2D eigenvalue weighted by atomic mass is 15.2. The number of hydrogen-bond acceptors (Lipinski definition) is 1. The van der Waals surface area contributed by atoms with Gasteiger partial charge in [-0.15, -0.1) is 0 Å². The summed E-state index contributed by atoms with van der Waals surface area (Å²) in [7, 11) is 0. The van der Waals surface area contributed by atoms with Gasteiger partial charge in [0.1, 0.15) is 6.17 Å². The average molecular weight is 502 g/mol.